The molecule has 3 nitrogen and oxygen atoms in total. The molecule has 1 atom stereocenters. The minimum Gasteiger partial charge on any atom is -0.394 e. The van der Waals surface area contributed by atoms with Gasteiger partial charge in [0.2, 0.25) is 0 Å². The molecule has 1 heterocycles. The number of likely N-dealkylation sites (N-methyl/N-ethyl adjacent to an activating group) is 1. The lowest BCUT2D eigenvalue weighted by atomic mass is 9.91. The Balaban J connectivity index is 2.31. The van der Waals surface area contributed by atoms with E-state index in [1.807, 2.05) is 24.4 Å². The summed E-state index contributed by atoms with van der Waals surface area (Å²) in [6, 6.07) is 5.98. The van der Waals surface area contributed by atoms with Gasteiger partial charge >= 0.3 is 0 Å². The van der Waals surface area contributed by atoms with Gasteiger partial charge in [0.15, 0.2) is 0 Å². The molecule has 0 saturated heterocycles. The number of hydrogen-bond donors (Lipinski definition) is 2. The van der Waals surface area contributed by atoms with Crippen LogP contribution in [0.2, 0.25) is 0 Å². The van der Waals surface area contributed by atoms with Crippen LogP contribution in [0.4, 0.5) is 0 Å². The molecule has 0 bridgehead atoms. The summed E-state index contributed by atoms with van der Waals surface area (Å²) < 4.78 is 0. The highest BCUT2D eigenvalue weighted by atomic mass is 32.2. The number of nitrogens with one attached hydrogen (secondary N) is 1. The third-order valence-corrected chi connectivity index (χ3v) is 4.25. The molecule has 1 aromatic rings. The average molecular weight is 268 g/mol. The maximum Gasteiger partial charge on any atom is 0.0959 e. The number of thioether (sulfide) groups is 1. The fraction of sp³-hybridized carbons (Fsp3) is 0.643. The van der Waals surface area contributed by atoms with E-state index >= 15 is 0 Å². The second-order valence-electron chi connectivity index (χ2n) is 4.44. The highest BCUT2D eigenvalue weighted by molar-refractivity contribution is 7.99. The van der Waals surface area contributed by atoms with E-state index in [1.54, 1.807) is 11.8 Å². The van der Waals surface area contributed by atoms with Gasteiger partial charge < -0.3 is 10.4 Å². The van der Waals surface area contributed by atoms with Gasteiger partial charge in [0.05, 0.1) is 11.6 Å². The smallest absolute Gasteiger partial charge is 0.0959 e. The molecule has 0 saturated carbocycles. The normalized spacial score (nSPS) is 14.4. The molecule has 1 aromatic heterocycles. The SMILES string of the molecule is CCNC(CC)(CO)CCCSc1ccccn1. The summed E-state index contributed by atoms with van der Waals surface area (Å²) in [7, 11) is 0. The predicted molar refractivity (Wildman–Crippen MR) is 78.0 cm³/mol. The summed E-state index contributed by atoms with van der Waals surface area (Å²) in [6.07, 6.45) is 4.88. The van der Waals surface area contributed by atoms with Crippen molar-refractivity contribution in [2.45, 2.75) is 43.7 Å². The summed E-state index contributed by atoms with van der Waals surface area (Å²) in [5, 5.41) is 14.0. The first kappa shape index (κ1) is 15.5. The van der Waals surface area contributed by atoms with Gasteiger partial charge in [-0.25, -0.2) is 4.98 Å². The monoisotopic (exact) mass is 268 g/mol. The first-order valence-corrected chi connectivity index (χ1v) is 7.64. The summed E-state index contributed by atoms with van der Waals surface area (Å²) in [5.41, 5.74) is -0.0978. The van der Waals surface area contributed by atoms with Crippen molar-refractivity contribution in [3.63, 3.8) is 0 Å². The number of aromatic nitrogens is 1. The van der Waals surface area contributed by atoms with E-state index in [9.17, 15) is 5.11 Å². The van der Waals surface area contributed by atoms with Crippen molar-refractivity contribution in [1.82, 2.24) is 10.3 Å². The van der Waals surface area contributed by atoms with Crippen molar-refractivity contribution in [2.24, 2.45) is 0 Å². The fourth-order valence-electron chi connectivity index (χ4n) is 2.03. The predicted octanol–water partition coefficient (Wildman–Crippen LogP) is 2.70. The topological polar surface area (TPSA) is 45.1 Å². The zero-order valence-electron chi connectivity index (χ0n) is 11.4. The Labute approximate surface area is 114 Å². The van der Waals surface area contributed by atoms with Gasteiger partial charge in [0.25, 0.3) is 0 Å². The number of rotatable bonds is 9. The summed E-state index contributed by atoms with van der Waals surface area (Å²) in [4.78, 5) is 4.29. The lowest BCUT2D eigenvalue weighted by Crippen LogP contribution is -2.48. The van der Waals surface area contributed by atoms with Gasteiger partial charge in [-0.05, 0) is 43.7 Å². The Hall–Kier alpha value is -0.580. The molecule has 0 aliphatic heterocycles. The minimum atomic E-state index is -0.0978. The second-order valence-corrected chi connectivity index (χ2v) is 5.56. The largest absolute Gasteiger partial charge is 0.394 e. The molecule has 18 heavy (non-hydrogen) atoms. The van der Waals surface area contributed by atoms with Gasteiger partial charge in [-0.15, -0.1) is 11.8 Å². The highest BCUT2D eigenvalue weighted by Gasteiger charge is 2.25. The van der Waals surface area contributed by atoms with Gasteiger partial charge in [0, 0.05) is 11.7 Å². The molecular formula is C14H24N2OS. The van der Waals surface area contributed by atoms with Crippen LogP contribution in [0.3, 0.4) is 0 Å². The second kappa shape index (κ2) is 8.51. The fourth-order valence-corrected chi connectivity index (χ4v) is 2.84. The first-order chi connectivity index (χ1) is 8.76. The van der Waals surface area contributed by atoms with Crippen LogP contribution < -0.4 is 5.32 Å². The number of aliphatic hydroxyl groups is 1. The molecule has 0 amide bonds. The molecule has 0 aromatic carbocycles. The first-order valence-electron chi connectivity index (χ1n) is 6.66. The van der Waals surface area contributed by atoms with Gasteiger partial charge in [-0.1, -0.05) is 19.9 Å². The van der Waals surface area contributed by atoms with Crippen molar-refractivity contribution >= 4 is 11.8 Å². The Bertz CT molecular complexity index is 315. The average Bonchev–Trinajstić information content (AvgIpc) is 2.43. The standard InChI is InChI=1S/C14H24N2OS/c1-3-14(12-17,16-4-2)9-7-11-18-13-8-5-6-10-15-13/h5-6,8,10,16-17H,3-4,7,9,11-12H2,1-2H3. The van der Waals surface area contributed by atoms with Crippen LogP contribution >= 0.6 is 11.8 Å². The van der Waals surface area contributed by atoms with E-state index < -0.39 is 0 Å². The summed E-state index contributed by atoms with van der Waals surface area (Å²) in [6.45, 7) is 5.33. The van der Waals surface area contributed by atoms with Crippen molar-refractivity contribution < 1.29 is 5.11 Å². The van der Waals surface area contributed by atoms with Crippen LogP contribution in [0.1, 0.15) is 33.1 Å². The van der Waals surface area contributed by atoms with Gasteiger partial charge in [0.1, 0.15) is 0 Å². The Kier molecular flexibility index (Phi) is 7.32. The Morgan fingerprint density at radius 1 is 1.39 bits per heavy atom. The molecule has 0 radical (unpaired) electrons. The Morgan fingerprint density at radius 3 is 2.78 bits per heavy atom. The van der Waals surface area contributed by atoms with Crippen molar-refractivity contribution in [2.75, 3.05) is 18.9 Å². The van der Waals surface area contributed by atoms with Gasteiger partial charge in [-0.3, -0.25) is 0 Å². The van der Waals surface area contributed by atoms with Crippen LogP contribution in [0, 0.1) is 0 Å². The van der Waals surface area contributed by atoms with Crippen LogP contribution in [-0.4, -0.2) is 34.5 Å². The van der Waals surface area contributed by atoms with Crippen molar-refractivity contribution in [3.8, 4) is 0 Å². The Morgan fingerprint density at radius 2 is 2.22 bits per heavy atom. The molecule has 4 heteroatoms. The van der Waals surface area contributed by atoms with E-state index in [1.165, 1.54) is 0 Å². The van der Waals surface area contributed by atoms with Crippen molar-refractivity contribution in [1.29, 1.82) is 0 Å². The number of hydrogen-bond acceptors (Lipinski definition) is 4. The highest BCUT2D eigenvalue weighted by Crippen LogP contribution is 2.21. The molecule has 1 rings (SSSR count). The quantitative estimate of drug-likeness (QED) is 0.534. The zero-order valence-corrected chi connectivity index (χ0v) is 12.2. The third-order valence-electron chi connectivity index (χ3n) is 3.22. The summed E-state index contributed by atoms with van der Waals surface area (Å²) in [5.74, 6) is 1.05. The van der Waals surface area contributed by atoms with E-state index in [4.69, 9.17) is 0 Å². The molecule has 1 unspecified atom stereocenters. The number of aliphatic hydroxyl groups excluding tert-OH is 1. The van der Waals surface area contributed by atoms with Crippen LogP contribution in [0.25, 0.3) is 0 Å². The molecule has 0 aliphatic carbocycles. The van der Waals surface area contributed by atoms with Crippen LogP contribution in [0.5, 0.6) is 0 Å². The maximum absolute atomic E-state index is 9.54. The molecule has 0 spiro atoms. The lowest BCUT2D eigenvalue weighted by molar-refractivity contribution is 0.148. The zero-order chi connectivity index (χ0) is 13.3. The van der Waals surface area contributed by atoms with E-state index in [-0.39, 0.29) is 12.1 Å². The van der Waals surface area contributed by atoms with E-state index in [2.05, 4.69) is 24.1 Å². The minimum absolute atomic E-state index is 0.0978. The number of nitrogens with zero attached hydrogens (tertiary/aromatic N) is 1. The molecule has 102 valence electrons. The molecule has 0 aliphatic rings. The molecule has 0 fully saturated rings. The lowest BCUT2D eigenvalue weighted by Gasteiger charge is -2.31. The van der Waals surface area contributed by atoms with Crippen molar-refractivity contribution in [3.05, 3.63) is 24.4 Å². The maximum atomic E-state index is 9.54. The van der Waals surface area contributed by atoms with E-state index in [0.717, 1.165) is 36.6 Å². The van der Waals surface area contributed by atoms with Crippen LogP contribution in [-0.2, 0) is 0 Å². The third kappa shape index (κ3) is 4.96. The number of pyridine rings is 1. The van der Waals surface area contributed by atoms with Crippen LogP contribution in [0.15, 0.2) is 29.4 Å². The summed E-state index contributed by atoms with van der Waals surface area (Å²) >= 11 is 1.78. The molecule has 2 N–H and O–H groups in total. The van der Waals surface area contributed by atoms with Gasteiger partial charge in [-0.2, -0.15) is 0 Å². The van der Waals surface area contributed by atoms with E-state index in [0.29, 0.717) is 0 Å². The molecular weight excluding hydrogens is 244 g/mol.